The van der Waals surface area contributed by atoms with E-state index >= 15 is 0 Å². The van der Waals surface area contributed by atoms with E-state index in [0.29, 0.717) is 13.2 Å². The second-order valence-electron chi connectivity index (χ2n) is 7.03. The van der Waals surface area contributed by atoms with E-state index in [1.165, 1.54) is 18.4 Å². The maximum absolute atomic E-state index is 12.7. The predicted octanol–water partition coefficient (Wildman–Crippen LogP) is 3.90. The zero-order chi connectivity index (χ0) is 17.8. The van der Waals surface area contributed by atoms with Crippen LogP contribution in [-0.4, -0.2) is 42.7 Å². The molecule has 0 aromatic heterocycles. The molecule has 2 fully saturated rings. The Hall–Kier alpha value is -2.33. The molecule has 4 heteroatoms. The molecular weight excluding hydrogens is 326 g/mol. The van der Waals surface area contributed by atoms with Gasteiger partial charge in [0.25, 0.3) is 5.91 Å². The second kappa shape index (κ2) is 7.92. The molecule has 4 rings (SSSR count). The molecule has 1 aliphatic carbocycles. The van der Waals surface area contributed by atoms with Crippen molar-refractivity contribution in [3.63, 3.8) is 0 Å². The van der Waals surface area contributed by atoms with Crippen molar-refractivity contribution in [1.82, 2.24) is 4.90 Å². The van der Waals surface area contributed by atoms with E-state index in [9.17, 15) is 4.79 Å². The summed E-state index contributed by atoms with van der Waals surface area (Å²) in [6.07, 6.45) is 4.70. The summed E-state index contributed by atoms with van der Waals surface area (Å²) in [6, 6.07) is 18.4. The summed E-state index contributed by atoms with van der Waals surface area (Å²) in [4.78, 5) is 14.6. The van der Waals surface area contributed by atoms with Crippen molar-refractivity contribution in [3.8, 4) is 16.9 Å². The summed E-state index contributed by atoms with van der Waals surface area (Å²) < 4.78 is 11.6. The first-order valence-electron chi connectivity index (χ1n) is 9.50. The van der Waals surface area contributed by atoms with Gasteiger partial charge in [-0.3, -0.25) is 4.79 Å². The number of carbonyl (C=O) groups excluding carboxylic acids is 1. The third kappa shape index (κ3) is 3.75. The zero-order valence-corrected chi connectivity index (χ0v) is 15.0. The normalized spacial score (nSPS) is 22.5. The van der Waals surface area contributed by atoms with E-state index in [-0.39, 0.29) is 24.7 Å². The maximum atomic E-state index is 12.7. The minimum atomic E-state index is 0.0670. The third-order valence-corrected chi connectivity index (χ3v) is 5.38. The molecule has 0 radical (unpaired) electrons. The molecule has 1 saturated carbocycles. The quantitative estimate of drug-likeness (QED) is 0.838. The lowest BCUT2D eigenvalue weighted by Gasteiger charge is -2.43. The van der Waals surface area contributed by atoms with Gasteiger partial charge in [-0.2, -0.15) is 0 Å². The lowest BCUT2D eigenvalue weighted by Crippen LogP contribution is -2.55. The van der Waals surface area contributed by atoms with Crippen LogP contribution in [0.15, 0.2) is 54.6 Å². The van der Waals surface area contributed by atoms with Crippen LogP contribution in [0.3, 0.4) is 0 Å². The number of nitrogens with zero attached hydrogens (tertiary/aromatic N) is 1. The van der Waals surface area contributed by atoms with Crippen LogP contribution in [0.5, 0.6) is 5.75 Å². The van der Waals surface area contributed by atoms with E-state index in [0.717, 1.165) is 24.2 Å². The highest BCUT2D eigenvalue weighted by molar-refractivity contribution is 5.78. The predicted molar refractivity (Wildman–Crippen MR) is 101 cm³/mol. The first kappa shape index (κ1) is 17.1. The van der Waals surface area contributed by atoms with Crippen molar-refractivity contribution in [2.75, 3.05) is 19.8 Å². The average molecular weight is 351 g/mol. The topological polar surface area (TPSA) is 38.8 Å². The van der Waals surface area contributed by atoms with Crippen molar-refractivity contribution >= 4 is 5.91 Å². The van der Waals surface area contributed by atoms with Gasteiger partial charge in [0.05, 0.1) is 18.8 Å². The van der Waals surface area contributed by atoms with E-state index in [1.54, 1.807) is 0 Å². The van der Waals surface area contributed by atoms with Gasteiger partial charge in [-0.25, -0.2) is 0 Å². The highest BCUT2D eigenvalue weighted by Crippen LogP contribution is 2.28. The van der Waals surface area contributed by atoms with Crippen molar-refractivity contribution in [2.45, 2.75) is 37.8 Å². The van der Waals surface area contributed by atoms with Gasteiger partial charge in [0.2, 0.25) is 0 Å². The number of benzene rings is 2. The van der Waals surface area contributed by atoms with Crippen LogP contribution in [-0.2, 0) is 9.53 Å². The smallest absolute Gasteiger partial charge is 0.260 e. The fourth-order valence-corrected chi connectivity index (χ4v) is 4.01. The Morgan fingerprint density at radius 2 is 1.73 bits per heavy atom. The highest BCUT2D eigenvalue weighted by Gasteiger charge is 2.36. The van der Waals surface area contributed by atoms with E-state index in [2.05, 4.69) is 12.1 Å². The van der Waals surface area contributed by atoms with Crippen molar-refractivity contribution in [3.05, 3.63) is 54.6 Å². The zero-order valence-electron chi connectivity index (χ0n) is 15.0. The first-order valence-corrected chi connectivity index (χ1v) is 9.50. The maximum Gasteiger partial charge on any atom is 0.260 e. The van der Waals surface area contributed by atoms with Gasteiger partial charge in [0.1, 0.15) is 5.75 Å². The molecule has 2 aromatic carbocycles. The molecule has 26 heavy (non-hydrogen) atoms. The Bertz CT molecular complexity index is 727. The Morgan fingerprint density at radius 3 is 2.54 bits per heavy atom. The first-order chi connectivity index (χ1) is 12.8. The van der Waals surface area contributed by atoms with Crippen molar-refractivity contribution < 1.29 is 14.3 Å². The number of hydrogen-bond acceptors (Lipinski definition) is 3. The molecule has 2 unspecified atom stereocenters. The van der Waals surface area contributed by atoms with E-state index < -0.39 is 0 Å². The van der Waals surface area contributed by atoms with E-state index in [1.807, 2.05) is 47.4 Å². The molecule has 1 saturated heterocycles. The molecule has 4 nitrogen and oxygen atoms in total. The van der Waals surface area contributed by atoms with Crippen molar-refractivity contribution in [1.29, 1.82) is 0 Å². The number of hydrogen-bond donors (Lipinski definition) is 0. The third-order valence-electron chi connectivity index (χ3n) is 5.38. The second-order valence-corrected chi connectivity index (χ2v) is 7.03. The van der Waals surface area contributed by atoms with Crippen LogP contribution in [0.25, 0.3) is 11.1 Å². The number of carbonyl (C=O) groups is 1. The molecule has 136 valence electrons. The summed E-state index contributed by atoms with van der Waals surface area (Å²) in [5, 5.41) is 0. The Labute approximate surface area is 154 Å². The average Bonchev–Trinajstić information content (AvgIpc) is 2.72. The Kier molecular flexibility index (Phi) is 5.21. The fraction of sp³-hybridized carbons (Fsp3) is 0.409. The van der Waals surface area contributed by atoms with Gasteiger partial charge in [-0.1, -0.05) is 55.3 Å². The molecule has 0 spiro atoms. The summed E-state index contributed by atoms with van der Waals surface area (Å²) in [5.74, 6) is 0.795. The van der Waals surface area contributed by atoms with Crippen LogP contribution in [0.1, 0.15) is 25.7 Å². The summed E-state index contributed by atoms with van der Waals surface area (Å²) in [6.45, 7) is 1.41. The van der Waals surface area contributed by atoms with Gasteiger partial charge >= 0.3 is 0 Å². The number of fused-ring (bicyclic) bond motifs is 1. The number of rotatable bonds is 4. The van der Waals surface area contributed by atoms with Crippen LogP contribution in [0, 0.1) is 0 Å². The molecule has 1 aliphatic heterocycles. The molecular formula is C22H25NO3. The summed E-state index contributed by atoms with van der Waals surface area (Å²) in [5.41, 5.74) is 2.31. The molecule has 1 heterocycles. The SMILES string of the molecule is O=C(COc1ccc(-c2ccccc2)cc1)N1CCOC2CCCCC21. The lowest BCUT2D eigenvalue weighted by molar-refractivity contribution is -0.151. The van der Waals surface area contributed by atoms with Gasteiger partial charge in [-0.15, -0.1) is 0 Å². The van der Waals surface area contributed by atoms with Crippen LogP contribution < -0.4 is 4.74 Å². The summed E-state index contributed by atoms with van der Waals surface area (Å²) >= 11 is 0. The standard InChI is InChI=1S/C22H25NO3/c24-22(23-14-15-25-21-9-5-4-8-20(21)23)16-26-19-12-10-18(11-13-19)17-6-2-1-3-7-17/h1-3,6-7,10-13,20-21H,4-5,8-9,14-16H2. The molecule has 2 atom stereocenters. The molecule has 0 N–H and O–H groups in total. The van der Waals surface area contributed by atoms with Crippen LogP contribution >= 0.6 is 0 Å². The fourth-order valence-electron chi connectivity index (χ4n) is 4.01. The Morgan fingerprint density at radius 1 is 1.00 bits per heavy atom. The van der Waals surface area contributed by atoms with Crippen molar-refractivity contribution in [2.24, 2.45) is 0 Å². The summed E-state index contributed by atoms with van der Waals surface area (Å²) in [7, 11) is 0. The van der Waals surface area contributed by atoms with Crippen LogP contribution in [0.4, 0.5) is 0 Å². The number of amides is 1. The van der Waals surface area contributed by atoms with Gasteiger partial charge < -0.3 is 14.4 Å². The lowest BCUT2D eigenvalue weighted by atomic mass is 9.90. The Balaban J connectivity index is 1.35. The number of ether oxygens (including phenoxy) is 2. The molecule has 2 aromatic rings. The number of morpholine rings is 1. The van der Waals surface area contributed by atoms with Crippen LogP contribution in [0.2, 0.25) is 0 Å². The van der Waals surface area contributed by atoms with Gasteiger partial charge in [0.15, 0.2) is 6.61 Å². The minimum Gasteiger partial charge on any atom is -0.484 e. The minimum absolute atomic E-state index is 0.0670. The molecule has 1 amide bonds. The molecule has 0 bridgehead atoms. The largest absolute Gasteiger partial charge is 0.484 e. The highest BCUT2D eigenvalue weighted by atomic mass is 16.5. The van der Waals surface area contributed by atoms with E-state index in [4.69, 9.17) is 9.47 Å². The molecule has 2 aliphatic rings. The van der Waals surface area contributed by atoms with Gasteiger partial charge in [-0.05, 0) is 36.1 Å². The monoisotopic (exact) mass is 351 g/mol. The van der Waals surface area contributed by atoms with Gasteiger partial charge in [0, 0.05) is 6.54 Å².